The van der Waals surface area contributed by atoms with Gasteiger partial charge in [-0.2, -0.15) is 0 Å². The number of carboxylic acids is 1. The van der Waals surface area contributed by atoms with Crippen LogP contribution in [-0.2, 0) is 20.7 Å². The second-order valence-corrected chi connectivity index (χ2v) is 5.85. The SMILES string of the molecule is C/C(=C\C(=O)N1CCOC(CC(=O)O)C1)CCc1ccccc1. The van der Waals surface area contributed by atoms with Crippen LogP contribution in [0.2, 0.25) is 0 Å². The quantitative estimate of drug-likeness (QED) is 0.817. The molecule has 0 bridgehead atoms. The average molecular weight is 317 g/mol. The molecule has 0 aromatic heterocycles. The first kappa shape index (κ1) is 17.2. The lowest BCUT2D eigenvalue weighted by Gasteiger charge is -2.31. The number of carbonyl (C=O) groups excluding carboxylic acids is 1. The van der Waals surface area contributed by atoms with Gasteiger partial charge in [-0.1, -0.05) is 35.9 Å². The number of carbonyl (C=O) groups is 2. The number of hydrogen-bond donors (Lipinski definition) is 1. The Balaban J connectivity index is 1.85. The molecular formula is C18H23NO4. The molecule has 23 heavy (non-hydrogen) atoms. The Morgan fingerprint density at radius 2 is 2.09 bits per heavy atom. The second kappa shape index (κ2) is 8.48. The molecule has 0 spiro atoms. The first-order valence-corrected chi connectivity index (χ1v) is 7.88. The summed E-state index contributed by atoms with van der Waals surface area (Å²) in [5, 5.41) is 8.82. The van der Waals surface area contributed by atoms with Crippen LogP contribution in [0.4, 0.5) is 0 Å². The zero-order valence-corrected chi connectivity index (χ0v) is 13.4. The minimum Gasteiger partial charge on any atom is -0.481 e. The number of ether oxygens (including phenoxy) is 1. The smallest absolute Gasteiger partial charge is 0.306 e. The van der Waals surface area contributed by atoms with Crippen molar-refractivity contribution in [3.05, 3.63) is 47.5 Å². The Kier molecular flexibility index (Phi) is 6.35. The van der Waals surface area contributed by atoms with E-state index in [9.17, 15) is 9.59 Å². The van der Waals surface area contributed by atoms with Gasteiger partial charge in [0.15, 0.2) is 0 Å². The van der Waals surface area contributed by atoms with Gasteiger partial charge in [-0.15, -0.1) is 0 Å². The van der Waals surface area contributed by atoms with E-state index in [1.807, 2.05) is 25.1 Å². The van der Waals surface area contributed by atoms with Crippen molar-refractivity contribution >= 4 is 11.9 Å². The van der Waals surface area contributed by atoms with E-state index < -0.39 is 12.1 Å². The van der Waals surface area contributed by atoms with E-state index in [1.165, 1.54) is 5.56 Å². The molecule has 1 fully saturated rings. The third-order valence-corrected chi connectivity index (χ3v) is 3.87. The third kappa shape index (κ3) is 5.87. The molecule has 0 saturated carbocycles. The predicted octanol–water partition coefficient (Wildman–Crippen LogP) is 2.27. The maximum atomic E-state index is 12.3. The highest BCUT2D eigenvalue weighted by atomic mass is 16.5. The van der Waals surface area contributed by atoms with Crippen LogP contribution in [0, 0.1) is 0 Å². The van der Waals surface area contributed by atoms with Crippen molar-refractivity contribution in [2.45, 2.75) is 32.3 Å². The van der Waals surface area contributed by atoms with Crippen LogP contribution in [0.5, 0.6) is 0 Å². The second-order valence-electron chi connectivity index (χ2n) is 5.85. The van der Waals surface area contributed by atoms with E-state index in [0.29, 0.717) is 19.7 Å². The Hall–Kier alpha value is -2.14. The number of allylic oxidation sites excluding steroid dienone is 1. The molecule has 1 atom stereocenters. The van der Waals surface area contributed by atoms with Crippen LogP contribution in [0.15, 0.2) is 42.0 Å². The van der Waals surface area contributed by atoms with Crippen LogP contribution in [0.25, 0.3) is 0 Å². The first-order valence-electron chi connectivity index (χ1n) is 7.88. The lowest BCUT2D eigenvalue weighted by molar-refractivity contribution is -0.145. The zero-order valence-electron chi connectivity index (χ0n) is 13.4. The first-order chi connectivity index (χ1) is 11.0. The van der Waals surface area contributed by atoms with E-state index in [-0.39, 0.29) is 12.3 Å². The number of aryl methyl sites for hydroxylation is 1. The summed E-state index contributed by atoms with van der Waals surface area (Å²) >= 11 is 0. The summed E-state index contributed by atoms with van der Waals surface area (Å²) in [6, 6.07) is 10.2. The van der Waals surface area contributed by atoms with Gasteiger partial charge in [0, 0.05) is 19.2 Å². The van der Waals surface area contributed by atoms with Crippen molar-refractivity contribution in [3.63, 3.8) is 0 Å². The lowest BCUT2D eigenvalue weighted by Crippen LogP contribution is -2.45. The minimum atomic E-state index is -0.904. The normalized spacial score (nSPS) is 18.7. The summed E-state index contributed by atoms with van der Waals surface area (Å²) in [5.41, 5.74) is 2.28. The Morgan fingerprint density at radius 3 is 2.78 bits per heavy atom. The number of nitrogens with zero attached hydrogens (tertiary/aromatic N) is 1. The van der Waals surface area contributed by atoms with Crippen LogP contribution >= 0.6 is 0 Å². The summed E-state index contributed by atoms with van der Waals surface area (Å²) < 4.78 is 5.38. The number of aliphatic carboxylic acids is 1. The molecule has 1 unspecified atom stereocenters. The van der Waals surface area contributed by atoms with E-state index in [4.69, 9.17) is 9.84 Å². The van der Waals surface area contributed by atoms with Gasteiger partial charge in [-0.3, -0.25) is 9.59 Å². The number of hydrogen-bond acceptors (Lipinski definition) is 3. The van der Waals surface area contributed by atoms with Gasteiger partial charge in [0.25, 0.3) is 0 Å². The maximum Gasteiger partial charge on any atom is 0.306 e. The highest BCUT2D eigenvalue weighted by Gasteiger charge is 2.24. The summed E-state index contributed by atoms with van der Waals surface area (Å²) in [5.74, 6) is -0.965. The van der Waals surface area contributed by atoms with Crippen LogP contribution in [0.3, 0.4) is 0 Å². The van der Waals surface area contributed by atoms with E-state index in [1.54, 1.807) is 11.0 Å². The van der Waals surface area contributed by atoms with Crippen LogP contribution < -0.4 is 0 Å². The van der Waals surface area contributed by atoms with E-state index in [0.717, 1.165) is 18.4 Å². The zero-order chi connectivity index (χ0) is 16.7. The molecule has 1 aliphatic heterocycles. The van der Waals surface area contributed by atoms with Gasteiger partial charge < -0.3 is 14.7 Å². The van der Waals surface area contributed by atoms with Crippen molar-refractivity contribution < 1.29 is 19.4 Å². The molecule has 124 valence electrons. The van der Waals surface area contributed by atoms with Gasteiger partial charge in [-0.25, -0.2) is 0 Å². The molecular weight excluding hydrogens is 294 g/mol. The van der Waals surface area contributed by atoms with E-state index in [2.05, 4.69) is 12.1 Å². The minimum absolute atomic E-state index is 0.0609. The Morgan fingerprint density at radius 1 is 1.35 bits per heavy atom. The topological polar surface area (TPSA) is 66.8 Å². The monoisotopic (exact) mass is 317 g/mol. The fraction of sp³-hybridized carbons (Fsp3) is 0.444. The van der Waals surface area contributed by atoms with E-state index >= 15 is 0 Å². The van der Waals surface area contributed by atoms with Gasteiger partial charge in [0.2, 0.25) is 5.91 Å². The molecule has 1 amide bonds. The molecule has 2 rings (SSSR count). The molecule has 1 heterocycles. The van der Waals surface area contributed by atoms with Crippen LogP contribution in [0.1, 0.15) is 25.3 Å². The standard InChI is InChI=1S/C18H23NO4/c1-14(7-8-15-5-3-2-4-6-15)11-17(20)19-9-10-23-16(13-19)12-18(21)22/h2-6,11,16H,7-10,12-13H2,1H3,(H,21,22)/b14-11+. The number of amides is 1. The summed E-state index contributed by atoms with van der Waals surface area (Å²) in [6.07, 6.45) is 2.91. The average Bonchev–Trinajstić information content (AvgIpc) is 2.53. The largest absolute Gasteiger partial charge is 0.481 e. The molecule has 0 radical (unpaired) electrons. The van der Waals surface area contributed by atoms with Gasteiger partial charge in [-0.05, 0) is 25.3 Å². The van der Waals surface area contributed by atoms with Gasteiger partial charge in [0.05, 0.1) is 19.1 Å². The molecule has 5 nitrogen and oxygen atoms in total. The highest BCUT2D eigenvalue weighted by molar-refractivity contribution is 5.88. The fourth-order valence-corrected chi connectivity index (χ4v) is 2.60. The number of morpholine rings is 1. The molecule has 1 saturated heterocycles. The van der Waals surface area contributed by atoms with Gasteiger partial charge in [0.1, 0.15) is 0 Å². The molecule has 1 aromatic rings. The summed E-state index contributed by atoms with van der Waals surface area (Å²) in [7, 11) is 0. The fourth-order valence-electron chi connectivity index (χ4n) is 2.60. The van der Waals surface area contributed by atoms with Crippen molar-refractivity contribution in [1.29, 1.82) is 0 Å². The van der Waals surface area contributed by atoms with Crippen molar-refractivity contribution in [1.82, 2.24) is 4.90 Å². The lowest BCUT2D eigenvalue weighted by atomic mass is 10.1. The highest BCUT2D eigenvalue weighted by Crippen LogP contribution is 2.12. The summed E-state index contributed by atoms with van der Waals surface area (Å²) in [4.78, 5) is 24.7. The Bertz CT molecular complexity index is 568. The molecule has 1 aliphatic rings. The van der Waals surface area contributed by atoms with Crippen molar-refractivity contribution in [3.8, 4) is 0 Å². The van der Waals surface area contributed by atoms with Gasteiger partial charge >= 0.3 is 5.97 Å². The van der Waals surface area contributed by atoms with Crippen molar-refractivity contribution in [2.75, 3.05) is 19.7 Å². The maximum absolute atomic E-state index is 12.3. The Labute approximate surface area is 136 Å². The number of carboxylic acid groups (broad SMARTS) is 1. The predicted molar refractivity (Wildman–Crippen MR) is 87.1 cm³/mol. The molecule has 1 aromatic carbocycles. The van der Waals surface area contributed by atoms with Crippen molar-refractivity contribution in [2.24, 2.45) is 0 Å². The number of benzene rings is 1. The van der Waals surface area contributed by atoms with Crippen LogP contribution in [-0.4, -0.2) is 47.7 Å². The third-order valence-electron chi connectivity index (χ3n) is 3.87. The summed E-state index contributed by atoms with van der Waals surface area (Å²) in [6.45, 7) is 3.20. The molecule has 5 heteroatoms. The molecule has 0 aliphatic carbocycles. The molecule has 1 N–H and O–H groups in total. The number of rotatable bonds is 6.